The number of carbonyl (C=O) groups excluding carboxylic acids is 1. The molecule has 0 fully saturated rings. The first-order valence-corrected chi connectivity index (χ1v) is 4.25. The minimum atomic E-state index is -0.224. The number of unbranched alkanes of at least 4 members (excludes halogenated alkanes) is 1. The van der Waals surface area contributed by atoms with Crippen LogP contribution in [-0.4, -0.2) is 18.7 Å². The van der Waals surface area contributed by atoms with Crippen LogP contribution in [0, 0.1) is 5.92 Å². The molecule has 0 saturated heterocycles. The van der Waals surface area contributed by atoms with E-state index in [9.17, 15) is 4.79 Å². The molecule has 4 nitrogen and oxygen atoms in total. The molecule has 0 bridgehead atoms. The van der Waals surface area contributed by atoms with Gasteiger partial charge in [-0.1, -0.05) is 13.3 Å². The van der Waals surface area contributed by atoms with Gasteiger partial charge in [0.05, 0.1) is 0 Å². The van der Waals surface area contributed by atoms with Gasteiger partial charge >= 0.3 is 0 Å². The first-order chi connectivity index (χ1) is 6.22. The third kappa shape index (κ3) is 5.40. The zero-order chi connectivity index (χ0) is 10.1. The Bertz CT molecular complexity index is 148. The van der Waals surface area contributed by atoms with Crippen LogP contribution in [0.25, 0.3) is 0 Å². The van der Waals surface area contributed by atoms with Crippen LogP contribution < -0.4 is 5.48 Å². The van der Waals surface area contributed by atoms with E-state index in [1.807, 2.05) is 0 Å². The highest BCUT2D eigenvalue weighted by atomic mass is 32.1. The Labute approximate surface area is 79.0 Å². The lowest BCUT2D eigenvalue weighted by atomic mass is 10.0. The number of aliphatic hydroxyl groups is 1. The van der Waals surface area contributed by atoms with Crippen LogP contribution in [0.15, 0.2) is 0 Å². The molecule has 0 aliphatic heterocycles. The van der Waals surface area contributed by atoms with Gasteiger partial charge < -0.3 is 5.11 Å². The highest BCUT2D eigenvalue weighted by Gasteiger charge is 2.11. The van der Waals surface area contributed by atoms with Crippen LogP contribution in [0.3, 0.4) is 0 Å². The summed E-state index contributed by atoms with van der Waals surface area (Å²) in [4.78, 5) is 11.1. The lowest BCUT2D eigenvalue weighted by molar-refractivity contribution is -0.130. The van der Waals surface area contributed by atoms with Crippen molar-refractivity contribution >= 4 is 18.7 Å². The van der Waals surface area contributed by atoms with E-state index in [1.165, 1.54) is 0 Å². The second-order valence-corrected chi connectivity index (χ2v) is 2.84. The SMILES string of the molecule is [3H]SONC(=O)C(C)CCCCO. The fraction of sp³-hybridized carbons (Fsp3) is 0.857. The van der Waals surface area contributed by atoms with Gasteiger partial charge in [0, 0.05) is 25.3 Å². The third-order valence-electron chi connectivity index (χ3n) is 1.64. The molecule has 0 aliphatic rings. The topological polar surface area (TPSA) is 58.6 Å². The monoisotopic (exact) mass is 195 g/mol. The fourth-order valence-corrected chi connectivity index (χ4v) is 0.917. The summed E-state index contributed by atoms with van der Waals surface area (Å²) in [5.74, 6) is -0.364. The second kappa shape index (κ2) is 7.39. The Morgan fingerprint density at radius 3 is 3.17 bits per heavy atom. The molecule has 72 valence electrons. The number of thiol groups is 1. The molecule has 1 unspecified atom stereocenters. The summed E-state index contributed by atoms with van der Waals surface area (Å²) < 4.78 is 10.9. The Morgan fingerprint density at radius 2 is 2.58 bits per heavy atom. The molecule has 0 aromatic rings. The highest BCUT2D eigenvalue weighted by molar-refractivity contribution is 7.75. The van der Waals surface area contributed by atoms with Crippen molar-refractivity contribution in [2.75, 3.05) is 6.61 Å². The van der Waals surface area contributed by atoms with Crippen molar-refractivity contribution in [3.8, 4) is 0 Å². The molecule has 0 aliphatic carbocycles. The van der Waals surface area contributed by atoms with Gasteiger partial charge in [0.2, 0.25) is 5.91 Å². The molecule has 0 heterocycles. The fourth-order valence-electron chi connectivity index (χ4n) is 0.835. The summed E-state index contributed by atoms with van der Waals surface area (Å²) in [6, 6.07) is 0. The number of hydrogen-bond acceptors (Lipinski definition) is 4. The number of rotatable bonds is 7. The molecule has 0 radical (unpaired) electrons. The Morgan fingerprint density at radius 1 is 1.83 bits per heavy atom. The predicted molar refractivity (Wildman–Crippen MR) is 48.3 cm³/mol. The predicted octanol–water partition coefficient (Wildman–Crippen LogP) is 0.678. The van der Waals surface area contributed by atoms with Crippen LogP contribution in [0.1, 0.15) is 26.2 Å². The molecule has 0 rings (SSSR count). The largest absolute Gasteiger partial charge is 0.396 e. The molecule has 0 aromatic heterocycles. The van der Waals surface area contributed by atoms with Gasteiger partial charge in [-0.15, -0.1) is 0 Å². The standard InChI is InChI=1S/C7H15NO3S/c1-6(4-2-3-5-9)7(10)8-11-12/h6,9,12H,2-5H2,1H3,(H,8,10)/i/hT. The average molecular weight is 195 g/mol. The zero-order valence-electron chi connectivity index (χ0n) is 8.08. The smallest absolute Gasteiger partial charge is 0.247 e. The van der Waals surface area contributed by atoms with Gasteiger partial charge in [-0.05, 0) is 12.8 Å². The number of hydroxylamine groups is 1. The van der Waals surface area contributed by atoms with Gasteiger partial charge in [0.15, 0.2) is 0 Å². The van der Waals surface area contributed by atoms with E-state index in [4.69, 9.17) is 6.23 Å². The lowest BCUT2D eigenvalue weighted by Crippen LogP contribution is -2.26. The van der Waals surface area contributed by atoms with Crippen molar-refractivity contribution in [2.24, 2.45) is 5.92 Å². The first-order valence-electron chi connectivity index (χ1n) is 4.32. The highest BCUT2D eigenvalue weighted by Crippen LogP contribution is 2.07. The van der Waals surface area contributed by atoms with Crippen LogP contribution in [-0.2, 0) is 9.08 Å². The second-order valence-electron chi connectivity index (χ2n) is 2.67. The summed E-state index contributed by atoms with van der Waals surface area (Å²) in [6.45, 7) is 1.94. The van der Waals surface area contributed by atoms with Crippen molar-refractivity contribution in [2.45, 2.75) is 26.2 Å². The van der Waals surface area contributed by atoms with E-state index in [2.05, 4.69) is 9.76 Å². The van der Waals surface area contributed by atoms with Gasteiger partial charge in [-0.2, -0.15) is 0 Å². The first kappa shape index (κ1) is 9.83. The molecule has 5 heteroatoms. The van der Waals surface area contributed by atoms with Gasteiger partial charge in [0.25, 0.3) is 0 Å². The summed E-state index contributed by atoms with van der Waals surface area (Å²) >= 11 is 0.354. The Balaban J connectivity index is 3.45. The van der Waals surface area contributed by atoms with Crippen LogP contribution in [0.5, 0.6) is 0 Å². The van der Waals surface area contributed by atoms with Crippen LogP contribution in [0.2, 0.25) is 0 Å². The maximum atomic E-state index is 11.1. The number of aliphatic hydroxyl groups excluding tert-OH is 1. The average Bonchev–Trinajstić information content (AvgIpc) is 2.14. The van der Waals surface area contributed by atoms with Crippen molar-refractivity contribution in [1.82, 2.24) is 5.48 Å². The molecule has 1 atom stereocenters. The molecule has 0 aromatic carbocycles. The molecular weight excluding hydrogens is 178 g/mol. The summed E-state index contributed by atoms with van der Waals surface area (Å²) in [6.07, 6.45) is 2.25. The van der Waals surface area contributed by atoms with Crippen molar-refractivity contribution < 1.29 is 14.2 Å². The van der Waals surface area contributed by atoms with Crippen LogP contribution >= 0.6 is 12.8 Å². The Hall–Kier alpha value is -0.260. The van der Waals surface area contributed by atoms with E-state index >= 15 is 0 Å². The molecule has 1 amide bonds. The maximum Gasteiger partial charge on any atom is 0.247 e. The number of carbonyl (C=O) groups is 1. The summed E-state index contributed by atoms with van der Waals surface area (Å²) in [5.41, 5.74) is 2.13. The molecular formula is C7H15NO3S. The minimum absolute atomic E-state index is 0.140. The normalized spacial score (nSPS) is 13.7. The van der Waals surface area contributed by atoms with Gasteiger partial charge in [-0.25, -0.2) is 9.76 Å². The van der Waals surface area contributed by atoms with Gasteiger partial charge in [-0.3, -0.25) is 4.79 Å². The van der Waals surface area contributed by atoms with E-state index in [0.29, 0.717) is 19.2 Å². The quantitative estimate of drug-likeness (QED) is 0.242. The van der Waals surface area contributed by atoms with Crippen LogP contribution in [0.4, 0.5) is 0 Å². The van der Waals surface area contributed by atoms with E-state index in [1.54, 1.807) is 6.92 Å². The number of nitrogens with one attached hydrogen (secondary N) is 1. The van der Waals surface area contributed by atoms with E-state index in [-0.39, 0.29) is 18.4 Å². The molecule has 0 saturated carbocycles. The molecule has 12 heavy (non-hydrogen) atoms. The third-order valence-corrected chi connectivity index (χ3v) is 1.72. The van der Waals surface area contributed by atoms with Crippen molar-refractivity contribution in [1.29, 1.82) is 1.12 Å². The lowest BCUT2D eigenvalue weighted by Gasteiger charge is -2.08. The van der Waals surface area contributed by atoms with Crippen molar-refractivity contribution in [3.63, 3.8) is 0 Å². The van der Waals surface area contributed by atoms with E-state index < -0.39 is 0 Å². The minimum Gasteiger partial charge on any atom is -0.396 e. The van der Waals surface area contributed by atoms with E-state index in [0.717, 1.165) is 12.8 Å². The molecule has 2 N–H and O–H groups in total. The molecule has 0 spiro atoms. The number of amides is 1. The number of hydrogen-bond donors (Lipinski definition) is 3. The Kier molecular flexibility index (Phi) is 6.05. The van der Waals surface area contributed by atoms with Crippen molar-refractivity contribution in [3.05, 3.63) is 0 Å². The zero-order valence-corrected chi connectivity index (χ0v) is 7.89. The summed E-state index contributed by atoms with van der Waals surface area (Å²) in [7, 11) is 0. The maximum absolute atomic E-state index is 11.1. The summed E-state index contributed by atoms with van der Waals surface area (Å²) in [5, 5.41) is 8.51. The van der Waals surface area contributed by atoms with Gasteiger partial charge in [0.1, 0.15) is 1.12 Å².